The maximum Gasteiger partial charge on any atom is 0.255 e. The first-order valence-corrected chi connectivity index (χ1v) is 10.2. The Hall–Kier alpha value is -3.00. The SMILES string of the molecule is Cc1ccc(C(=O)NCCNC(=O)c2c(C)nn(-c3ccc(Br)cc3)c2C)cc1F. The minimum Gasteiger partial charge on any atom is -0.350 e. The van der Waals surface area contributed by atoms with E-state index in [2.05, 4.69) is 31.7 Å². The number of hydrogen-bond acceptors (Lipinski definition) is 3. The minimum atomic E-state index is -0.426. The van der Waals surface area contributed by atoms with Crippen molar-refractivity contribution < 1.29 is 14.0 Å². The molecule has 0 unspecified atom stereocenters. The normalized spacial score (nSPS) is 10.7. The molecular weight excluding hydrogens is 451 g/mol. The van der Waals surface area contributed by atoms with Crippen molar-refractivity contribution in [2.75, 3.05) is 13.1 Å². The van der Waals surface area contributed by atoms with Gasteiger partial charge in [-0.3, -0.25) is 9.59 Å². The summed E-state index contributed by atoms with van der Waals surface area (Å²) in [6.07, 6.45) is 0. The van der Waals surface area contributed by atoms with Crippen LogP contribution >= 0.6 is 15.9 Å². The smallest absolute Gasteiger partial charge is 0.255 e. The van der Waals surface area contributed by atoms with Gasteiger partial charge in [0.25, 0.3) is 11.8 Å². The number of aryl methyl sites for hydroxylation is 2. The van der Waals surface area contributed by atoms with Crippen molar-refractivity contribution in [1.82, 2.24) is 20.4 Å². The number of benzene rings is 2. The summed E-state index contributed by atoms with van der Waals surface area (Å²) < 4.78 is 16.3. The lowest BCUT2D eigenvalue weighted by molar-refractivity contribution is 0.0926. The van der Waals surface area contributed by atoms with Crippen molar-refractivity contribution in [2.24, 2.45) is 0 Å². The number of nitrogens with one attached hydrogen (secondary N) is 2. The molecule has 0 saturated carbocycles. The molecule has 0 aliphatic carbocycles. The molecule has 3 rings (SSSR count). The average Bonchev–Trinajstić information content (AvgIpc) is 3.01. The van der Waals surface area contributed by atoms with Crippen molar-refractivity contribution in [3.05, 3.63) is 80.8 Å². The van der Waals surface area contributed by atoms with Crippen molar-refractivity contribution in [2.45, 2.75) is 20.8 Å². The molecule has 2 N–H and O–H groups in total. The second-order valence-electron chi connectivity index (χ2n) is 6.91. The zero-order valence-corrected chi connectivity index (χ0v) is 18.5. The summed E-state index contributed by atoms with van der Waals surface area (Å²) in [4.78, 5) is 24.8. The van der Waals surface area contributed by atoms with E-state index < -0.39 is 11.7 Å². The van der Waals surface area contributed by atoms with E-state index in [1.165, 1.54) is 6.07 Å². The third kappa shape index (κ3) is 4.76. The second-order valence-corrected chi connectivity index (χ2v) is 7.83. The Balaban J connectivity index is 1.59. The lowest BCUT2D eigenvalue weighted by Gasteiger charge is -2.09. The first kappa shape index (κ1) is 21.7. The van der Waals surface area contributed by atoms with Crippen LogP contribution in [0.25, 0.3) is 5.69 Å². The van der Waals surface area contributed by atoms with Crippen LogP contribution in [0.2, 0.25) is 0 Å². The van der Waals surface area contributed by atoms with Gasteiger partial charge in [-0.05, 0) is 62.7 Å². The maximum absolute atomic E-state index is 13.6. The number of carbonyl (C=O) groups is 2. The van der Waals surface area contributed by atoms with Crippen molar-refractivity contribution in [3.63, 3.8) is 0 Å². The quantitative estimate of drug-likeness (QED) is 0.534. The number of rotatable bonds is 6. The molecule has 0 atom stereocenters. The zero-order chi connectivity index (χ0) is 21.8. The Labute approximate surface area is 182 Å². The van der Waals surface area contributed by atoms with E-state index in [4.69, 9.17) is 0 Å². The summed E-state index contributed by atoms with van der Waals surface area (Å²) in [5.41, 5.74) is 3.43. The summed E-state index contributed by atoms with van der Waals surface area (Å²) >= 11 is 3.40. The fourth-order valence-corrected chi connectivity index (χ4v) is 3.35. The van der Waals surface area contributed by atoms with Crippen molar-refractivity contribution in [1.29, 1.82) is 0 Å². The van der Waals surface area contributed by atoms with Gasteiger partial charge < -0.3 is 10.6 Å². The number of carbonyl (C=O) groups excluding carboxylic acids is 2. The van der Waals surface area contributed by atoms with E-state index in [-0.39, 0.29) is 24.6 Å². The zero-order valence-electron chi connectivity index (χ0n) is 16.9. The summed E-state index contributed by atoms with van der Waals surface area (Å²) in [5, 5.41) is 9.94. The molecule has 8 heteroatoms. The van der Waals surface area contributed by atoms with E-state index in [9.17, 15) is 14.0 Å². The van der Waals surface area contributed by atoms with Gasteiger partial charge in [0.1, 0.15) is 5.82 Å². The highest BCUT2D eigenvalue weighted by molar-refractivity contribution is 9.10. The molecule has 0 saturated heterocycles. The topological polar surface area (TPSA) is 76.0 Å². The maximum atomic E-state index is 13.6. The van der Waals surface area contributed by atoms with E-state index >= 15 is 0 Å². The van der Waals surface area contributed by atoms with Crippen LogP contribution in [0.3, 0.4) is 0 Å². The Morgan fingerprint density at radius 1 is 1.00 bits per heavy atom. The van der Waals surface area contributed by atoms with Gasteiger partial charge in [-0.15, -0.1) is 0 Å². The van der Waals surface area contributed by atoms with Crippen LogP contribution in [0, 0.1) is 26.6 Å². The molecule has 1 heterocycles. The summed E-state index contributed by atoms with van der Waals surface area (Å²) in [6.45, 7) is 5.71. The molecule has 0 radical (unpaired) electrons. The van der Waals surface area contributed by atoms with Gasteiger partial charge in [-0.25, -0.2) is 9.07 Å². The average molecular weight is 473 g/mol. The Morgan fingerprint density at radius 2 is 1.63 bits per heavy atom. The molecular formula is C22H22BrFN4O2. The van der Waals surface area contributed by atoms with Crippen LogP contribution in [-0.2, 0) is 0 Å². The van der Waals surface area contributed by atoms with Crippen LogP contribution in [0.15, 0.2) is 46.9 Å². The number of nitrogens with zero attached hydrogens (tertiary/aromatic N) is 2. The van der Waals surface area contributed by atoms with E-state index in [0.717, 1.165) is 15.9 Å². The first-order chi connectivity index (χ1) is 14.3. The monoisotopic (exact) mass is 472 g/mol. The van der Waals surface area contributed by atoms with Crippen LogP contribution in [0.4, 0.5) is 4.39 Å². The van der Waals surface area contributed by atoms with Crippen LogP contribution in [-0.4, -0.2) is 34.7 Å². The molecule has 156 valence electrons. The van der Waals surface area contributed by atoms with Gasteiger partial charge in [0, 0.05) is 23.1 Å². The van der Waals surface area contributed by atoms with Gasteiger partial charge in [-0.1, -0.05) is 22.0 Å². The van der Waals surface area contributed by atoms with Crippen LogP contribution in [0.5, 0.6) is 0 Å². The molecule has 0 aliphatic rings. The molecule has 1 aromatic heterocycles. The lowest BCUT2D eigenvalue weighted by Crippen LogP contribution is -2.35. The standard InChI is InChI=1S/C22H22BrFN4O2/c1-13-4-5-16(12-19(13)24)21(29)25-10-11-26-22(30)20-14(2)27-28(15(20)3)18-8-6-17(23)7-9-18/h4-9,12H,10-11H2,1-3H3,(H,25,29)(H,26,30). The summed E-state index contributed by atoms with van der Waals surface area (Å²) in [5.74, 6) is -1.08. The molecule has 0 spiro atoms. The highest BCUT2D eigenvalue weighted by atomic mass is 79.9. The van der Waals surface area contributed by atoms with Gasteiger partial charge in [-0.2, -0.15) is 5.10 Å². The first-order valence-electron chi connectivity index (χ1n) is 9.42. The molecule has 30 heavy (non-hydrogen) atoms. The predicted octanol–water partition coefficient (Wildman–Crippen LogP) is 3.86. The van der Waals surface area contributed by atoms with E-state index in [1.807, 2.05) is 31.2 Å². The molecule has 6 nitrogen and oxygen atoms in total. The number of halogens is 2. The molecule has 0 aliphatic heterocycles. The van der Waals surface area contributed by atoms with Gasteiger partial charge in [0.15, 0.2) is 0 Å². The molecule has 0 fully saturated rings. The number of hydrogen-bond donors (Lipinski definition) is 2. The highest BCUT2D eigenvalue weighted by Crippen LogP contribution is 2.19. The third-order valence-corrected chi connectivity index (χ3v) is 5.25. The van der Waals surface area contributed by atoms with Gasteiger partial charge in [0.05, 0.1) is 22.6 Å². The minimum absolute atomic E-state index is 0.221. The second kappa shape index (κ2) is 9.21. The Morgan fingerprint density at radius 3 is 2.27 bits per heavy atom. The highest BCUT2D eigenvalue weighted by Gasteiger charge is 2.19. The lowest BCUT2D eigenvalue weighted by atomic mass is 10.1. The molecule has 2 amide bonds. The largest absolute Gasteiger partial charge is 0.350 e. The fraction of sp³-hybridized carbons (Fsp3) is 0.227. The van der Waals surface area contributed by atoms with Crippen LogP contribution in [0.1, 0.15) is 37.7 Å². The summed E-state index contributed by atoms with van der Waals surface area (Å²) in [6, 6.07) is 12.0. The van der Waals surface area contributed by atoms with Gasteiger partial charge >= 0.3 is 0 Å². The predicted molar refractivity (Wildman–Crippen MR) is 117 cm³/mol. The van der Waals surface area contributed by atoms with Gasteiger partial charge in [0.2, 0.25) is 0 Å². The Bertz CT molecular complexity index is 1090. The molecule has 3 aromatic rings. The summed E-state index contributed by atoms with van der Waals surface area (Å²) in [7, 11) is 0. The van der Waals surface area contributed by atoms with Crippen molar-refractivity contribution >= 4 is 27.7 Å². The van der Waals surface area contributed by atoms with Crippen LogP contribution < -0.4 is 10.6 Å². The number of amides is 2. The number of aromatic nitrogens is 2. The van der Waals surface area contributed by atoms with Crippen molar-refractivity contribution in [3.8, 4) is 5.69 Å². The fourth-order valence-electron chi connectivity index (χ4n) is 3.08. The van der Waals surface area contributed by atoms with E-state index in [1.54, 1.807) is 30.7 Å². The Kier molecular flexibility index (Phi) is 6.66. The van der Waals surface area contributed by atoms with E-state index in [0.29, 0.717) is 16.8 Å². The molecule has 2 aromatic carbocycles. The third-order valence-electron chi connectivity index (χ3n) is 4.72. The molecule has 0 bridgehead atoms.